The van der Waals surface area contributed by atoms with E-state index < -0.39 is 40.2 Å². The standard InChI is InChI=1S/C37H42FN3O7S/c1-6-48-30-18-16-29(17-19-30)41(49(44,45)31-20-21-34(46-4)35(23-31)47-5)25-36(42)40(24-28-14-10-11-15-32(28)38)33(37(43)39-26(2)3)22-27-12-8-7-9-13-27/h7-21,23,26,33H,6,22,24-25H2,1-5H3,(H,39,43)/t33-/m1/s1. The van der Waals surface area contributed by atoms with E-state index in [9.17, 15) is 18.0 Å². The molecular weight excluding hydrogens is 649 g/mol. The van der Waals surface area contributed by atoms with Crippen LogP contribution in [0.15, 0.2) is 102 Å². The number of methoxy groups -OCH3 is 2. The highest BCUT2D eigenvalue weighted by atomic mass is 32.2. The van der Waals surface area contributed by atoms with E-state index in [0.717, 1.165) is 9.87 Å². The van der Waals surface area contributed by atoms with Crippen molar-refractivity contribution in [1.29, 1.82) is 0 Å². The average molecular weight is 692 g/mol. The first-order chi connectivity index (χ1) is 23.5. The molecule has 1 atom stereocenters. The van der Waals surface area contributed by atoms with E-state index in [-0.39, 0.29) is 40.9 Å². The van der Waals surface area contributed by atoms with Gasteiger partial charge in [0.2, 0.25) is 11.8 Å². The second kappa shape index (κ2) is 16.8. The van der Waals surface area contributed by atoms with E-state index in [1.165, 1.54) is 67.7 Å². The van der Waals surface area contributed by atoms with Crippen molar-refractivity contribution >= 4 is 27.5 Å². The fraction of sp³-hybridized carbons (Fsp3) is 0.297. The molecule has 0 radical (unpaired) electrons. The second-order valence-corrected chi connectivity index (χ2v) is 13.3. The Bertz CT molecular complexity index is 1820. The molecule has 4 rings (SSSR count). The minimum Gasteiger partial charge on any atom is -0.494 e. The van der Waals surface area contributed by atoms with Gasteiger partial charge in [-0.15, -0.1) is 0 Å². The van der Waals surface area contributed by atoms with Crippen molar-refractivity contribution in [1.82, 2.24) is 10.2 Å². The first kappa shape index (κ1) is 36.7. The van der Waals surface area contributed by atoms with Crippen LogP contribution in [-0.2, 0) is 32.6 Å². The van der Waals surface area contributed by atoms with E-state index in [0.29, 0.717) is 18.1 Å². The van der Waals surface area contributed by atoms with Gasteiger partial charge in [-0.3, -0.25) is 13.9 Å². The SMILES string of the molecule is CCOc1ccc(N(CC(=O)N(Cc2ccccc2F)[C@H](Cc2ccccc2)C(=O)NC(C)C)S(=O)(=O)c2ccc(OC)c(OC)c2)cc1. The van der Waals surface area contributed by atoms with Crippen molar-refractivity contribution in [3.8, 4) is 17.2 Å². The number of nitrogens with zero attached hydrogens (tertiary/aromatic N) is 2. The fourth-order valence-electron chi connectivity index (χ4n) is 5.25. The van der Waals surface area contributed by atoms with Crippen LogP contribution in [-0.4, -0.2) is 64.6 Å². The minimum atomic E-state index is -4.44. The van der Waals surface area contributed by atoms with Gasteiger partial charge in [-0.2, -0.15) is 0 Å². The number of hydrogen-bond acceptors (Lipinski definition) is 7. The Balaban J connectivity index is 1.84. The lowest BCUT2D eigenvalue weighted by atomic mass is 10.0. The molecular formula is C37H42FN3O7S. The smallest absolute Gasteiger partial charge is 0.264 e. The Labute approximate surface area is 287 Å². The highest BCUT2D eigenvalue weighted by Gasteiger charge is 2.35. The summed E-state index contributed by atoms with van der Waals surface area (Å²) in [6, 6.07) is 24.1. The van der Waals surface area contributed by atoms with Crippen LogP contribution in [0.5, 0.6) is 17.2 Å². The predicted molar refractivity (Wildman–Crippen MR) is 186 cm³/mol. The number of ether oxygens (including phenoxy) is 3. The van der Waals surface area contributed by atoms with Gasteiger partial charge in [-0.1, -0.05) is 48.5 Å². The third kappa shape index (κ3) is 9.29. The van der Waals surface area contributed by atoms with Gasteiger partial charge >= 0.3 is 0 Å². The largest absolute Gasteiger partial charge is 0.494 e. The molecule has 0 unspecified atom stereocenters. The number of halogens is 1. The summed E-state index contributed by atoms with van der Waals surface area (Å²) in [6.45, 7) is 4.82. The van der Waals surface area contributed by atoms with Crippen molar-refractivity contribution in [2.75, 3.05) is 31.7 Å². The molecule has 4 aromatic rings. The summed E-state index contributed by atoms with van der Waals surface area (Å²) in [5.41, 5.74) is 1.10. The maximum Gasteiger partial charge on any atom is 0.264 e. The number of benzene rings is 4. The van der Waals surface area contributed by atoms with Gasteiger partial charge in [-0.25, -0.2) is 12.8 Å². The number of amides is 2. The molecule has 0 heterocycles. The normalized spacial score (nSPS) is 11.8. The highest BCUT2D eigenvalue weighted by Crippen LogP contribution is 2.33. The number of rotatable bonds is 16. The summed E-state index contributed by atoms with van der Waals surface area (Å²) in [7, 11) is -1.62. The zero-order valence-electron chi connectivity index (χ0n) is 28.3. The lowest BCUT2D eigenvalue weighted by Gasteiger charge is -2.34. The van der Waals surface area contributed by atoms with Gasteiger partial charge in [0.1, 0.15) is 24.2 Å². The zero-order chi connectivity index (χ0) is 35.6. The van der Waals surface area contributed by atoms with Gasteiger partial charge in [0, 0.05) is 30.6 Å². The number of hydrogen-bond donors (Lipinski definition) is 1. The molecule has 2 amide bonds. The van der Waals surface area contributed by atoms with Crippen LogP contribution >= 0.6 is 0 Å². The molecule has 0 aliphatic rings. The molecule has 0 saturated carbocycles. The zero-order valence-corrected chi connectivity index (χ0v) is 29.1. The van der Waals surface area contributed by atoms with E-state index in [4.69, 9.17) is 14.2 Å². The Kier molecular flexibility index (Phi) is 12.6. The molecule has 0 aliphatic carbocycles. The van der Waals surface area contributed by atoms with Crippen LogP contribution in [0.4, 0.5) is 10.1 Å². The molecule has 0 bridgehead atoms. The van der Waals surface area contributed by atoms with E-state index >= 15 is 4.39 Å². The van der Waals surface area contributed by atoms with Crippen LogP contribution in [0.1, 0.15) is 31.9 Å². The number of anilines is 1. The quantitative estimate of drug-likeness (QED) is 0.163. The third-order valence-electron chi connectivity index (χ3n) is 7.66. The van der Waals surface area contributed by atoms with Crippen LogP contribution in [0, 0.1) is 5.82 Å². The van der Waals surface area contributed by atoms with E-state index in [1.54, 1.807) is 32.0 Å². The molecule has 49 heavy (non-hydrogen) atoms. The summed E-state index contributed by atoms with van der Waals surface area (Å²) in [5.74, 6) is -0.739. The molecule has 260 valence electrons. The average Bonchev–Trinajstić information content (AvgIpc) is 3.09. The monoisotopic (exact) mass is 691 g/mol. The maximum atomic E-state index is 15.1. The molecule has 12 heteroatoms. The third-order valence-corrected chi connectivity index (χ3v) is 9.43. The Morgan fingerprint density at radius 3 is 2.12 bits per heavy atom. The molecule has 0 fully saturated rings. The van der Waals surface area contributed by atoms with Crippen molar-refractivity contribution < 1.29 is 36.6 Å². The Hall–Kier alpha value is -5.10. The van der Waals surface area contributed by atoms with Crippen LogP contribution in [0.3, 0.4) is 0 Å². The van der Waals surface area contributed by atoms with E-state index in [2.05, 4.69) is 5.32 Å². The van der Waals surface area contributed by atoms with Gasteiger partial charge in [-0.05, 0) is 68.8 Å². The number of carbonyl (C=O) groups is 2. The van der Waals surface area contributed by atoms with Gasteiger partial charge in [0.05, 0.1) is 31.4 Å². The molecule has 1 N–H and O–H groups in total. The van der Waals surface area contributed by atoms with Gasteiger partial charge < -0.3 is 24.4 Å². The second-order valence-electron chi connectivity index (χ2n) is 11.4. The highest BCUT2D eigenvalue weighted by molar-refractivity contribution is 7.92. The number of carbonyl (C=O) groups excluding carboxylic acids is 2. The topological polar surface area (TPSA) is 114 Å². The van der Waals surface area contributed by atoms with E-state index in [1.807, 2.05) is 37.3 Å². The van der Waals surface area contributed by atoms with Crippen molar-refractivity contribution in [3.05, 3.63) is 114 Å². The predicted octanol–water partition coefficient (Wildman–Crippen LogP) is 5.60. The van der Waals surface area contributed by atoms with Crippen LogP contribution < -0.4 is 23.8 Å². The summed E-state index contributed by atoms with van der Waals surface area (Å²) in [6.07, 6.45) is 0.102. The van der Waals surface area contributed by atoms with Gasteiger partial charge in [0.25, 0.3) is 10.0 Å². The molecule has 0 spiro atoms. The molecule has 0 saturated heterocycles. The first-order valence-electron chi connectivity index (χ1n) is 15.8. The molecule has 0 aromatic heterocycles. The molecule has 0 aliphatic heterocycles. The van der Waals surface area contributed by atoms with Crippen molar-refractivity contribution in [2.24, 2.45) is 0 Å². The van der Waals surface area contributed by atoms with Crippen LogP contribution in [0.2, 0.25) is 0 Å². The lowest BCUT2D eigenvalue weighted by molar-refractivity contribution is -0.140. The summed E-state index contributed by atoms with van der Waals surface area (Å²) >= 11 is 0. The summed E-state index contributed by atoms with van der Waals surface area (Å²) in [4.78, 5) is 29.5. The molecule has 4 aromatic carbocycles. The van der Waals surface area contributed by atoms with Gasteiger partial charge in [0.15, 0.2) is 11.5 Å². The number of sulfonamides is 1. The minimum absolute atomic E-state index is 0.102. The number of nitrogens with one attached hydrogen (secondary N) is 1. The lowest BCUT2D eigenvalue weighted by Crippen LogP contribution is -2.54. The summed E-state index contributed by atoms with van der Waals surface area (Å²) < 4.78 is 61.1. The fourth-order valence-corrected chi connectivity index (χ4v) is 6.68. The summed E-state index contributed by atoms with van der Waals surface area (Å²) in [5, 5.41) is 2.88. The van der Waals surface area contributed by atoms with Crippen molar-refractivity contribution in [3.63, 3.8) is 0 Å². The maximum absolute atomic E-state index is 15.1. The Morgan fingerprint density at radius 1 is 0.857 bits per heavy atom. The molecule has 10 nitrogen and oxygen atoms in total. The first-order valence-corrected chi connectivity index (χ1v) is 17.3. The van der Waals surface area contributed by atoms with Crippen LogP contribution in [0.25, 0.3) is 0 Å². The van der Waals surface area contributed by atoms with Crippen molar-refractivity contribution in [2.45, 2.75) is 50.7 Å². The Morgan fingerprint density at radius 2 is 1.51 bits per heavy atom.